The summed E-state index contributed by atoms with van der Waals surface area (Å²) in [6, 6.07) is 0. The van der Waals surface area contributed by atoms with E-state index in [-0.39, 0.29) is 12.1 Å². The highest BCUT2D eigenvalue weighted by Gasteiger charge is 2.21. The minimum atomic E-state index is -3.82. The maximum Gasteiger partial charge on any atom is 0.335 e. The number of rotatable bonds is 5. The Balaban J connectivity index is 3.88. The molecule has 0 saturated heterocycles. The van der Waals surface area contributed by atoms with E-state index >= 15 is 0 Å². The minimum Gasteiger partial charge on any atom is -0.326 e. The molecule has 0 rings (SSSR count). The quantitative estimate of drug-likeness (QED) is 0.682. The molecule has 0 spiro atoms. The Morgan fingerprint density at radius 3 is 2.42 bits per heavy atom. The predicted octanol–water partition coefficient (Wildman–Crippen LogP) is 1.62. The van der Waals surface area contributed by atoms with Crippen molar-refractivity contribution < 1.29 is 23.2 Å². The number of hydrogen-bond acceptors (Lipinski definition) is 3. The van der Waals surface area contributed by atoms with E-state index in [4.69, 9.17) is 9.79 Å². The Morgan fingerprint density at radius 1 is 1.58 bits per heavy atom. The van der Waals surface area contributed by atoms with Crippen LogP contribution in [-0.2, 0) is 13.4 Å². The van der Waals surface area contributed by atoms with Crippen LogP contribution < -0.4 is 0 Å². The van der Waals surface area contributed by atoms with E-state index in [0.29, 0.717) is 6.42 Å². The van der Waals surface area contributed by atoms with Gasteiger partial charge in [0.25, 0.3) is 0 Å². The van der Waals surface area contributed by atoms with Crippen molar-refractivity contribution in [3.05, 3.63) is 0 Å². The zero-order chi connectivity index (χ0) is 9.78. The summed E-state index contributed by atoms with van der Waals surface area (Å²) < 4.78 is 25.0. The lowest BCUT2D eigenvalue weighted by Crippen LogP contribution is -1.95. The molecule has 2 unspecified atom stereocenters. The van der Waals surface area contributed by atoms with E-state index in [1.807, 2.05) is 13.8 Å². The molecule has 0 fully saturated rings. The van der Waals surface area contributed by atoms with Gasteiger partial charge in [-0.25, -0.2) is 4.31 Å². The Kier molecular flexibility index (Phi) is 5.30. The van der Waals surface area contributed by atoms with Gasteiger partial charge in [-0.05, 0) is 12.3 Å². The summed E-state index contributed by atoms with van der Waals surface area (Å²) in [4.78, 5) is 17.2. The third-order valence-corrected chi connectivity index (χ3v) is 3.80. The molecule has 0 amide bonds. The van der Waals surface area contributed by atoms with Gasteiger partial charge in [-0.2, -0.15) is 0 Å². The van der Waals surface area contributed by atoms with Gasteiger partial charge in [0.05, 0.1) is 6.16 Å². The normalized spacial score (nSPS) is 19.1. The van der Waals surface area contributed by atoms with Gasteiger partial charge < -0.3 is 9.79 Å². The zero-order valence-electron chi connectivity index (χ0n) is 7.06. The first-order valence-corrected chi connectivity index (χ1v) is 6.60. The first-order chi connectivity index (χ1) is 5.33. The molecule has 0 heterocycles. The van der Waals surface area contributed by atoms with E-state index in [1.165, 1.54) is 0 Å². The highest BCUT2D eigenvalue weighted by atomic mass is 31.2. The average molecular weight is 216 g/mol. The van der Waals surface area contributed by atoms with E-state index in [0.717, 1.165) is 0 Å². The van der Waals surface area contributed by atoms with Crippen LogP contribution in [0.3, 0.4) is 0 Å². The summed E-state index contributed by atoms with van der Waals surface area (Å²) in [7, 11) is -7.12. The van der Waals surface area contributed by atoms with Crippen LogP contribution in [0.15, 0.2) is 0 Å². The second-order valence-corrected chi connectivity index (χ2v) is 5.89. The first-order valence-electron chi connectivity index (χ1n) is 3.58. The molecule has 0 aliphatic heterocycles. The topological polar surface area (TPSA) is 83.8 Å². The first kappa shape index (κ1) is 12.3. The standard InChI is InChI=1S/C5H14O5P2/c1-5(2)3-4-12(8,9)10-11(6)7/h5,11H,3-4H2,1-2H3,(H,6,7)(H,8,9). The van der Waals surface area contributed by atoms with Crippen LogP contribution in [0.2, 0.25) is 0 Å². The smallest absolute Gasteiger partial charge is 0.326 e. The van der Waals surface area contributed by atoms with Gasteiger partial charge in [0.1, 0.15) is 0 Å². The Bertz CT molecular complexity index is 202. The van der Waals surface area contributed by atoms with Crippen LogP contribution in [0, 0.1) is 5.92 Å². The van der Waals surface area contributed by atoms with Crippen molar-refractivity contribution in [3.63, 3.8) is 0 Å². The maximum atomic E-state index is 10.9. The van der Waals surface area contributed by atoms with E-state index in [1.54, 1.807) is 0 Å². The molecule has 0 aromatic rings. The molecule has 12 heavy (non-hydrogen) atoms. The van der Waals surface area contributed by atoms with Gasteiger partial charge in [0.15, 0.2) is 0 Å². The monoisotopic (exact) mass is 216 g/mol. The van der Waals surface area contributed by atoms with Crippen molar-refractivity contribution in [1.82, 2.24) is 0 Å². The number of hydrogen-bond donors (Lipinski definition) is 2. The lowest BCUT2D eigenvalue weighted by atomic mass is 10.2. The van der Waals surface area contributed by atoms with Crippen molar-refractivity contribution in [2.75, 3.05) is 6.16 Å². The Hall–Kier alpha value is 0.340. The second-order valence-electron chi connectivity index (χ2n) is 2.90. The molecule has 7 heteroatoms. The Labute approximate surface area is 72.2 Å². The summed E-state index contributed by atoms with van der Waals surface area (Å²) in [6.45, 7) is 3.78. The summed E-state index contributed by atoms with van der Waals surface area (Å²) in [6.07, 6.45) is 0.435. The predicted molar refractivity (Wildman–Crippen MR) is 46.5 cm³/mol. The van der Waals surface area contributed by atoms with Crippen LogP contribution >= 0.6 is 15.9 Å². The Morgan fingerprint density at radius 2 is 2.08 bits per heavy atom. The summed E-state index contributed by atoms with van der Waals surface area (Å²) in [5.74, 6) is 0.273. The second kappa shape index (κ2) is 5.15. The van der Waals surface area contributed by atoms with E-state index in [2.05, 4.69) is 4.31 Å². The molecule has 0 bridgehead atoms. The highest BCUT2D eigenvalue weighted by Crippen LogP contribution is 2.50. The molecule has 74 valence electrons. The van der Waals surface area contributed by atoms with Crippen molar-refractivity contribution in [3.8, 4) is 0 Å². The third kappa shape index (κ3) is 7.01. The fourth-order valence-corrected chi connectivity index (χ4v) is 2.77. The fourth-order valence-electron chi connectivity index (χ4n) is 0.589. The molecular formula is C5H14O5P2. The molecule has 0 aliphatic rings. The largest absolute Gasteiger partial charge is 0.335 e. The lowest BCUT2D eigenvalue weighted by molar-refractivity contribution is 0.347. The molecule has 5 nitrogen and oxygen atoms in total. The molecule has 0 radical (unpaired) electrons. The van der Waals surface area contributed by atoms with Crippen LogP contribution in [0.5, 0.6) is 0 Å². The van der Waals surface area contributed by atoms with Crippen LogP contribution in [0.4, 0.5) is 0 Å². The van der Waals surface area contributed by atoms with Crippen molar-refractivity contribution >= 4 is 15.9 Å². The molecule has 2 N–H and O–H groups in total. The van der Waals surface area contributed by atoms with Gasteiger partial charge >= 0.3 is 15.9 Å². The molecular weight excluding hydrogens is 202 g/mol. The van der Waals surface area contributed by atoms with Gasteiger partial charge in [-0.15, -0.1) is 0 Å². The molecule has 0 aromatic heterocycles. The van der Waals surface area contributed by atoms with Gasteiger partial charge in [-0.1, -0.05) is 13.8 Å². The van der Waals surface area contributed by atoms with E-state index in [9.17, 15) is 9.13 Å². The van der Waals surface area contributed by atoms with Crippen molar-refractivity contribution in [1.29, 1.82) is 0 Å². The fraction of sp³-hybridized carbons (Fsp3) is 1.00. The van der Waals surface area contributed by atoms with Gasteiger partial charge in [0, 0.05) is 0 Å². The summed E-state index contributed by atoms with van der Waals surface area (Å²) in [5, 5.41) is 0. The van der Waals surface area contributed by atoms with Crippen LogP contribution in [0.25, 0.3) is 0 Å². The van der Waals surface area contributed by atoms with Crippen molar-refractivity contribution in [2.45, 2.75) is 20.3 Å². The van der Waals surface area contributed by atoms with E-state index < -0.39 is 15.9 Å². The molecule has 0 saturated carbocycles. The summed E-state index contributed by atoms with van der Waals surface area (Å²) >= 11 is 0. The SMILES string of the molecule is CC(C)CCP(=O)(O)O[PH](=O)O. The van der Waals surface area contributed by atoms with Gasteiger partial charge in [0.2, 0.25) is 0 Å². The third-order valence-electron chi connectivity index (χ3n) is 1.21. The van der Waals surface area contributed by atoms with Crippen LogP contribution in [0.1, 0.15) is 20.3 Å². The zero-order valence-corrected chi connectivity index (χ0v) is 8.95. The molecule has 2 atom stereocenters. The highest BCUT2D eigenvalue weighted by molar-refractivity contribution is 7.59. The molecule has 0 aliphatic carbocycles. The maximum absolute atomic E-state index is 10.9. The average Bonchev–Trinajstić information content (AvgIpc) is 1.81. The molecule has 0 aromatic carbocycles. The lowest BCUT2D eigenvalue weighted by Gasteiger charge is -2.10. The van der Waals surface area contributed by atoms with Crippen molar-refractivity contribution in [2.24, 2.45) is 5.92 Å². The minimum absolute atomic E-state index is 0.0678. The summed E-state index contributed by atoms with van der Waals surface area (Å²) in [5.41, 5.74) is 0. The van der Waals surface area contributed by atoms with Gasteiger partial charge in [-0.3, -0.25) is 9.13 Å². The van der Waals surface area contributed by atoms with Crippen LogP contribution in [-0.4, -0.2) is 15.9 Å².